The van der Waals surface area contributed by atoms with E-state index in [-0.39, 0.29) is 89.4 Å². The van der Waals surface area contributed by atoms with Crippen LogP contribution in [-0.4, -0.2) is 141 Å². The molecule has 1 unspecified atom stereocenters. The van der Waals surface area contributed by atoms with Crippen molar-refractivity contribution in [2.45, 2.75) is 74.4 Å². The molecule has 0 spiro atoms. The number of aromatic nitrogens is 3. The predicted octanol–water partition coefficient (Wildman–Crippen LogP) is 11.8. The van der Waals surface area contributed by atoms with E-state index in [1.807, 2.05) is 18.2 Å². The number of likely N-dealkylation sites (tertiary alicyclic amines) is 3. The van der Waals surface area contributed by atoms with Gasteiger partial charge in [-0.15, -0.1) is 0 Å². The quantitative estimate of drug-likeness (QED) is 0.0386. The second-order valence-corrected chi connectivity index (χ2v) is 27.3. The molecule has 3 saturated heterocycles. The minimum absolute atomic E-state index is 0.0161. The van der Waals surface area contributed by atoms with Gasteiger partial charge in [-0.05, 0) is 178 Å². The average Bonchev–Trinajstić information content (AvgIpc) is 0.806. The van der Waals surface area contributed by atoms with Gasteiger partial charge in [-0.3, -0.25) is 28.8 Å². The summed E-state index contributed by atoms with van der Waals surface area (Å²) < 4.78 is 45.1. The number of aliphatic hydroxyl groups is 3. The lowest BCUT2D eigenvalue weighted by molar-refractivity contribution is -0.133. The fourth-order valence-corrected chi connectivity index (χ4v) is 13.3. The Morgan fingerprint density at radius 1 is 0.438 bits per heavy atom. The van der Waals surface area contributed by atoms with Crippen molar-refractivity contribution in [3.63, 3.8) is 0 Å². The van der Waals surface area contributed by atoms with Crippen LogP contribution in [0.3, 0.4) is 0 Å². The molecule has 6 aromatic carbocycles. The summed E-state index contributed by atoms with van der Waals surface area (Å²) in [4.78, 5) is 92.5. The zero-order chi connectivity index (χ0) is 75.3. The summed E-state index contributed by atoms with van der Waals surface area (Å²) in [5.74, 6) is -3.27. The van der Waals surface area contributed by atoms with Crippen molar-refractivity contribution in [1.29, 1.82) is 0 Å². The van der Waals surface area contributed by atoms with Gasteiger partial charge >= 0.3 is 0 Å². The van der Waals surface area contributed by atoms with Crippen LogP contribution in [0.1, 0.15) is 139 Å². The van der Waals surface area contributed by atoms with Gasteiger partial charge in [0.1, 0.15) is 34.9 Å². The van der Waals surface area contributed by atoms with E-state index >= 15 is 13.2 Å². The molecule has 9 aromatic rings. The molecule has 12 N–H and O–H groups in total. The third kappa shape index (κ3) is 19.1. The molecule has 0 aliphatic carbocycles. The number of pyridine rings is 3. The third-order valence-corrected chi connectivity index (χ3v) is 19.7. The van der Waals surface area contributed by atoms with Gasteiger partial charge in [-0.1, -0.05) is 89.4 Å². The van der Waals surface area contributed by atoms with E-state index < -0.39 is 53.3 Å². The lowest BCUT2D eigenvalue weighted by Crippen LogP contribution is -2.34. The molecule has 6 atom stereocenters. The van der Waals surface area contributed by atoms with Gasteiger partial charge in [0.25, 0.3) is 17.7 Å². The number of carbonyl (C=O) groups excluding carboxylic acids is 6. The number of carbonyl (C=O) groups is 6. The van der Waals surface area contributed by atoms with Crippen LogP contribution in [0.15, 0.2) is 164 Å². The van der Waals surface area contributed by atoms with E-state index in [0.717, 1.165) is 36.0 Å². The molecule has 0 saturated carbocycles. The second-order valence-electron chi connectivity index (χ2n) is 26.0. The lowest BCUT2D eigenvalue weighted by Gasteiger charge is -2.29. The van der Waals surface area contributed by atoms with Crippen molar-refractivity contribution in [1.82, 2.24) is 45.6 Å². The van der Waals surface area contributed by atoms with Crippen LogP contribution in [0, 0.1) is 17.5 Å². The molecule has 27 heteroatoms. The summed E-state index contributed by atoms with van der Waals surface area (Å²) in [5, 5.41) is 38.5. The number of benzene rings is 6. The predicted molar refractivity (Wildman–Crippen MR) is 397 cm³/mol. The summed E-state index contributed by atoms with van der Waals surface area (Å²) in [6.45, 7) is 0.851. The highest BCUT2D eigenvalue weighted by molar-refractivity contribution is 6.31. The number of nitrogens with one attached hydrogen (secondary N) is 3. The Balaban J connectivity index is 0.000000169. The van der Waals surface area contributed by atoms with Crippen LogP contribution in [-0.2, 0) is 14.4 Å². The van der Waals surface area contributed by atoms with Crippen LogP contribution in [0.2, 0.25) is 15.1 Å². The molecule has 105 heavy (non-hydrogen) atoms. The minimum Gasteiger partial charge on any atom is -0.394 e. The standard InChI is InChI=1S/3C26H26ClFN4O3/c3*1-32-8-7-15(12-24(32)34)18-10-21(25(29)30-13-18)16-5-6-20(22(28)11-16)26(35)31-23(14-33)17-3-2-4-19(27)9-17/h3*2-6,9-11,13,15,23,33H,7-8,12,14H2,1H3,(H2,29,30)(H,31,35)/t15?,23-;15-,23+;15-,23-/m101/s1. The molecule has 546 valence electrons. The number of anilines is 3. The highest BCUT2D eigenvalue weighted by Gasteiger charge is 2.30. The number of aliphatic hydroxyl groups excluding tert-OH is 3. The minimum atomic E-state index is -0.742. The Morgan fingerprint density at radius 2 is 0.705 bits per heavy atom. The van der Waals surface area contributed by atoms with Crippen LogP contribution >= 0.6 is 34.8 Å². The smallest absolute Gasteiger partial charge is 0.254 e. The van der Waals surface area contributed by atoms with Gasteiger partial charge in [-0.25, -0.2) is 28.1 Å². The number of hydrogen-bond donors (Lipinski definition) is 9. The van der Waals surface area contributed by atoms with E-state index in [0.29, 0.717) is 104 Å². The van der Waals surface area contributed by atoms with E-state index in [1.165, 1.54) is 36.4 Å². The first-order valence-electron chi connectivity index (χ1n) is 33.7. The largest absolute Gasteiger partial charge is 0.394 e. The Labute approximate surface area is 619 Å². The zero-order valence-electron chi connectivity index (χ0n) is 57.5. The van der Waals surface area contributed by atoms with Gasteiger partial charge in [0.2, 0.25) is 17.7 Å². The zero-order valence-corrected chi connectivity index (χ0v) is 59.8. The Bertz CT molecular complexity index is 4270. The molecule has 6 amide bonds. The number of nitrogen functional groups attached to an aromatic ring is 3. The van der Waals surface area contributed by atoms with Gasteiger partial charge < -0.3 is 63.2 Å². The maximum Gasteiger partial charge on any atom is 0.254 e. The topological polar surface area (TPSA) is 326 Å². The molecule has 0 radical (unpaired) electrons. The second kappa shape index (κ2) is 34.9. The summed E-state index contributed by atoms with van der Waals surface area (Å²) in [5.41, 5.74) is 25.2. The van der Waals surface area contributed by atoms with Crippen molar-refractivity contribution < 1.29 is 57.3 Å². The van der Waals surface area contributed by atoms with E-state index in [9.17, 15) is 44.1 Å². The number of nitrogens with zero attached hydrogens (tertiary/aromatic N) is 6. The van der Waals surface area contributed by atoms with Crippen LogP contribution in [0.5, 0.6) is 0 Å². The van der Waals surface area contributed by atoms with Crippen molar-refractivity contribution in [3.05, 3.63) is 247 Å². The van der Waals surface area contributed by atoms with Crippen molar-refractivity contribution in [2.75, 3.05) is 77.8 Å². The van der Waals surface area contributed by atoms with Crippen molar-refractivity contribution in [3.8, 4) is 33.4 Å². The van der Waals surface area contributed by atoms with Gasteiger partial charge in [0, 0.05) is 110 Å². The number of nitrogens with two attached hydrogens (primary N) is 3. The SMILES string of the molecule is CN1CCC(c2cnc(N)c(-c3ccc(C(=O)N[C@H](CO)c4cccc(Cl)c4)c(F)c3)c2)CC1=O.CN1CC[C@@H](c2cnc(N)c(-c3ccc(C(=O)N[C@H](CO)c4cccc(Cl)c4)c(F)c3)c2)CC1=O.CN1CC[C@H](c2cnc(N)c(-c3ccc(C(=O)N[C@H](CO)c4cccc(Cl)c4)c(F)c3)c2)CC1=O. The maximum atomic E-state index is 15.0. The number of amides is 6. The summed E-state index contributed by atoms with van der Waals surface area (Å²) in [6, 6.07) is 36.1. The summed E-state index contributed by atoms with van der Waals surface area (Å²) in [6.07, 6.45) is 8.54. The van der Waals surface area contributed by atoms with Crippen molar-refractivity contribution in [2.24, 2.45) is 0 Å². The summed E-state index contributed by atoms with van der Waals surface area (Å²) in [7, 11) is 5.34. The fourth-order valence-electron chi connectivity index (χ4n) is 12.7. The Morgan fingerprint density at radius 3 is 0.933 bits per heavy atom. The molecular formula is C78H78Cl3F3N12O9. The number of rotatable bonds is 18. The van der Waals surface area contributed by atoms with Gasteiger partial charge in [0.05, 0.1) is 54.6 Å². The van der Waals surface area contributed by atoms with Crippen LogP contribution in [0.4, 0.5) is 30.6 Å². The number of piperidine rings is 3. The van der Waals surface area contributed by atoms with E-state index in [2.05, 4.69) is 30.9 Å². The normalized spacial score (nSPS) is 16.7. The molecule has 12 rings (SSSR count). The highest BCUT2D eigenvalue weighted by atomic mass is 35.5. The molecule has 3 aromatic heterocycles. The van der Waals surface area contributed by atoms with Crippen LogP contribution < -0.4 is 33.2 Å². The molecular weight excluding hydrogens is 1410 g/mol. The molecule has 3 aliphatic rings. The highest BCUT2D eigenvalue weighted by Crippen LogP contribution is 2.38. The third-order valence-electron chi connectivity index (χ3n) is 19.0. The van der Waals surface area contributed by atoms with E-state index in [4.69, 9.17) is 52.0 Å². The van der Waals surface area contributed by atoms with Crippen molar-refractivity contribution >= 4 is 87.7 Å². The monoisotopic (exact) mass is 1490 g/mol. The first-order valence-corrected chi connectivity index (χ1v) is 34.8. The lowest BCUT2D eigenvalue weighted by atomic mass is 9.88. The fraction of sp³-hybridized carbons (Fsp3) is 0.269. The average molecular weight is 1490 g/mol. The molecule has 21 nitrogen and oxygen atoms in total. The van der Waals surface area contributed by atoms with Gasteiger partial charge in [0.15, 0.2) is 0 Å². The first-order chi connectivity index (χ1) is 50.3. The molecule has 0 bridgehead atoms. The molecule has 3 aliphatic heterocycles. The van der Waals surface area contributed by atoms with Crippen LogP contribution in [0.25, 0.3) is 33.4 Å². The Kier molecular flexibility index (Phi) is 25.6. The Hall–Kier alpha value is -10.5. The number of halogens is 6. The molecule has 6 heterocycles. The number of hydrogen-bond acceptors (Lipinski definition) is 15. The molecule has 3 fully saturated rings. The van der Waals surface area contributed by atoms with E-state index in [1.54, 1.807) is 145 Å². The van der Waals surface area contributed by atoms with Gasteiger partial charge in [-0.2, -0.15) is 0 Å². The maximum absolute atomic E-state index is 15.0. The first kappa shape index (κ1) is 77.2. The summed E-state index contributed by atoms with van der Waals surface area (Å²) >= 11 is 18.0.